The molecular formula is C25H22N2O3. The Hall–Kier alpha value is -3.70. The van der Waals surface area contributed by atoms with Crippen LogP contribution in [0.25, 0.3) is 22.2 Å². The van der Waals surface area contributed by atoms with Crippen molar-refractivity contribution in [3.63, 3.8) is 0 Å². The number of pyridine rings is 1. The van der Waals surface area contributed by atoms with E-state index in [9.17, 15) is 4.79 Å². The van der Waals surface area contributed by atoms with E-state index in [1.165, 1.54) is 5.56 Å². The first kappa shape index (κ1) is 19.6. The number of carbonyl (C=O) groups is 1. The van der Waals surface area contributed by atoms with Gasteiger partial charge in [0.1, 0.15) is 19.0 Å². The van der Waals surface area contributed by atoms with E-state index in [2.05, 4.69) is 5.48 Å². The molecule has 0 aliphatic rings. The van der Waals surface area contributed by atoms with Gasteiger partial charge in [0.25, 0.3) is 5.91 Å². The minimum atomic E-state index is -0.318. The standard InChI is InChI=1S/C25H22N2O3/c1-18-11-13-19(14-12-18)24-17-22(21-9-5-6-10-23(21)26-24)25(28)27-30-16-15-29-20-7-3-2-4-8-20/h2-14,17H,15-16H2,1H3,(H,27,28). The fraction of sp³-hybridized carbons (Fsp3) is 0.120. The molecule has 4 rings (SSSR count). The van der Waals surface area contributed by atoms with Gasteiger partial charge in [0.05, 0.1) is 16.8 Å². The van der Waals surface area contributed by atoms with Crippen molar-refractivity contribution in [2.24, 2.45) is 0 Å². The Labute approximate surface area is 175 Å². The largest absolute Gasteiger partial charge is 0.491 e. The Bertz CT molecular complexity index is 1140. The van der Waals surface area contributed by atoms with Crippen LogP contribution in [0.2, 0.25) is 0 Å². The number of nitrogens with zero attached hydrogens (tertiary/aromatic N) is 1. The molecule has 1 amide bonds. The number of ether oxygens (including phenoxy) is 1. The van der Waals surface area contributed by atoms with Crippen LogP contribution in [-0.4, -0.2) is 24.1 Å². The van der Waals surface area contributed by atoms with Crippen molar-refractivity contribution in [2.45, 2.75) is 6.92 Å². The van der Waals surface area contributed by atoms with Crippen LogP contribution in [0.3, 0.4) is 0 Å². The molecular weight excluding hydrogens is 376 g/mol. The zero-order valence-electron chi connectivity index (χ0n) is 16.7. The molecule has 1 aromatic heterocycles. The Kier molecular flexibility index (Phi) is 6.01. The number of hydroxylamine groups is 1. The number of hydrogen-bond donors (Lipinski definition) is 1. The molecule has 1 heterocycles. The molecule has 0 unspecified atom stereocenters. The summed E-state index contributed by atoms with van der Waals surface area (Å²) in [6.07, 6.45) is 0. The van der Waals surface area contributed by atoms with E-state index in [1.54, 1.807) is 6.07 Å². The van der Waals surface area contributed by atoms with Gasteiger partial charge in [-0.2, -0.15) is 0 Å². The molecule has 0 fully saturated rings. The van der Waals surface area contributed by atoms with Crippen molar-refractivity contribution >= 4 is 16.8 Å². The van der Waals surface area contributed by atoms with E-state index in [-0.39, 0.29) is 12.5 Å². The minimum absolute atomic E-state index is 0.231. The number of nitrogens with one attached hydrogen (secondary N) is 1. The lowest BCUT2D eigenvalue weighted by Gasteiger charge is -2.11. The topological polar surface area (TPSA) is 60.5 Å². The van der Waals surface area contributed by atoms with E-state index in [4.69, 9.17) is 14.6 Å². The quantitative estimate of drug-likeness (QED) is 0.353. The number of aromatic nitrogens is 1. The monoisotopic (exact) mass is 398 g/mol. The summed E-state index contributed by atoms with van der Waals surface area (Å²) in [5, 5.41) is 0.773. The molecule has 5 heteroatoms. The average molecular weight is 398 g/mol. The van der Waals surface area contributed by atoms with Gasteiger partial charge in [0.15, 0.2) is 0 Å². The SMILES string of the molecule is Cc1ccc(-c2cc(C(=O)NOCCOc3ccccc3)c3ccccc3n2)cc1. The Morgan fingerprint density at radius 2 is 1.63 bits per heavy atom. The van der Waals surface area contributed by atoms with Crippen LogP contribution in [0.4, 0.5) is 0 Å². The Balaban J connectivity index is 1.47. The highest BCUT2D eigenvalue weighted by atomic mass is 16.7. The highest BCUT2D eigenvalue weighted by molar-refractivity contribution is 6.06. The van der Waals surface area contributed by atoms with E-state index in [0.29, 0.717) is 12.2 Å². The molecule has 0 saturated heterocycles. The van der Waals surface area contributed by atoms with Gasteiger partial charge in [-0.3, -0.25) is 9.63 Å². The maximum Gasteiger partial charge on any atom is 0.275 e. The predicted octanol–water partition coefficient (Wildman–Crippen LogP) is 4.95. The zero-order chi connectivity index (χ0) is 20.8. The van der Waals surface area contributed by atoms with Crippen LogP contribution in [0.1, 0.15) is 15.9 Å². The second-order valence-electron chi connectivity index (χ2n) is 6.88. The van der Waals surface area contributed by atoms with Gasteiger partial charge in [-0.1, -0.05) is 66.2 Å². The summed E-state index contributed by atoms with van der Waals surface area (Å²) >= 11 is 0. The lowest BCUT2D eigenvalue weighted by Crippen LogP contribution is -2.26. The van der Waals surface area contributed by atoms with Crippen molar-refractivity contribution < 1.29 is 14.4 Å². The predicted molar refractivity (Wildman–Crippen MR) is 117 cm³/mol. The number of hydrogen-bond acceptors (Lipinski definition) is 4. The summed E-state index contributed by atoms with van der Waals surface area (Å²) in [7, 11) is 0. The lowest BCUT2D eigenvalue weighted by atomic mass is 10.0. The molecule has 0 atom stereocenters. The molecule has 150 valence electrons. The number of aryl methyl sites for hydroxylation is 1. The Morgan fingerprint density at radius 1 is 0.900 bits per heavy atom. The third-order valence-electron chi connectivity index (χ3n) is 4.67. The summed E-state index contributed by atoms with van der Waals surface area (Å²) < 4.78 is 5.56. The van der Waals surface area contributed by atoms with Gasteiger partial charge < -0.3 is 4.74 Å². The molecule has 0 bridgehead atoms. The van der Waals surface area contributed by atoms with Gasteiger partial charge in [-0.15, -0.1) is 0 Å². The molecule has 4 aromatic rings. The molecule has 0 spiro atoms. The molecule has 0 radical (unpaired) electrons. The summed E-state index contributed by atoms with van der Waals surface area (Å²) in [4.78, 5) is 22.9. The first-order valence-corrected chi connectivity index (χ1v) is 9.77. The minimum Gasteiger partial charge on any atom is -0.491 e. The molecule has 1 N–H and O–H groups in total. The number of para-hydroxylation sites is 2. The van der Waals surface area contributed by atoms with Crippen LogP contribution in [0, 0.1) is 6.92 Å². The summed E-state index contributed by atoms with van der Waals surface area (Å²) in [6.45, 7) is 2.60. The van der Waals surface area contributed by atoms with Gasteiger partial charge in [0.2, 0.25) is 0 Å². The van der Waals surface area contributed by atoms with E-state index < -0.39 is 0 Å². The van der Waals surface area contributed by atoms with Crippen molar-refractivity contribution in [2.75, 3.05) is 13.2 Å². The van der Waals surface area contributed by atoms with Crippen LogP contribution in [0.15, 0.2) is 84.9 Å². The molecule has 5 nitrogen and oxygen atoms in total. The molecule has 0 aliphatic carbocycles. The first-order valence-electron chi connectivity index (χ1n) is 9.77. The normalized spacial score (nSPS) is 10.7. The fourth-order valence-electron chi connectivity index (χ4n) is 3.12. The van der Waals surface area contributed by atoms with Crippen molar-refractivity contribution in [3.8, 4) is 17.0 Å². The van der Waals surface area contributed by atoms with Gasteiger partial charge in [0, 0.05) is 10.9 Å². The number of benzene rings is 3. The van der Waals surface area contributed by atoms with Crippen molar-refractivity contribution in [3.05, 3.63) is 96.1 Å². The highest BCUT2D eigenvalue weighted by Gasteiger charge is 2.14. The molecule has 30 heavy (non-hydrogen) atoms. The third kappa shape index (κ3) is 4.64. The van der Waals surface area contributed by atoms with Crippen LogP contribution >= 0.6 is 0 Å². The van der Waals surface area contributed by atoms with Crippen molar-refractivity contribution in [1.82, 2.24) is 10.5 Å². The van der Waals surface area contributed by atoms with Crippen LogP contribution in [-0.2, 0) is 4.84 Å². The number of rotatable bonds is 7. The number of fused-ring (bicyclic) bond motifs is 1. The van der Waals surface area contributed by atoms with Gasteiger partial charge in [-0.25, -0.2) is 10.5 Å². The molecule has 0 saturated carbocycles. The summed E-state index contributed by atoms with van der Waals surface area (Å²) in [6, 6.07) is 26.9. The zero-order valence-corrected chi connectivity index (χ0v) is 16.7. The maximum atomic E-state index is 12.8. The smallest absolute Gasteiger partial charge is 0.275 e. The number of amides is 1. The van der Waals surface area contributed by atoms with E-state index in [0.717, 1.165) is 27.9 Å². The molecule has 0 aliphatic heterocycles. The van der Waals surface area contributed by atoms with Crippen molar-refractivity contribution in [1.29, 1.82) is 0 Å². The third-order valence-corrected chi connectivity index (χ3v) is 4.67. The first-order chi connectivity index (χ1) is 14.7. The second-order valence-corrected chi connectivity index (χ2v) is 6.88. The number of carbonyl (C=O) groups excluding carboxylic acids is 1. The van der Waals surface area contributed by atoms with Gasteiger partial charge in [-0.05, 0) is 31.2 Å². The Morgan fingerprint density at radius 3 is 2.43 bits per heavy atom. The second kappa shape index (κ2) is 9.20. The summed E-state index contributed by atoms with van der Waals surface area (Å²) in [5.41, 5.74) is 6.66. The van der Waals surface area contributed by atoms with E-state index >= 15 is 0 Å². The van der Waals surface area contributed by atoms with Gasteiger partial charge >= 0.3 is 0 Å². The highest BCUT2D eigenvalue weighted by Crippen LogP contribution is 2.25. The lowest BCUT2D eigenvalue weighted by molar-refractivity contribution is 0.0201. The summed E-state index contributed by atoms with van der Waals surface area (Å²) in [5.74, 6) is 0.442. The maximum absolute atomic E-state index is 12.8. The van der Waals surface area contributed by atoms with E-state index in [1.807, 2.05) is 85.8 Å². The van der Waals surface area contributed by atoms with Crippen LogP contribution < -0.4 is 10.2 Å². The van der Waals surface area contributed by atoms with Crippen LogP contribution in [0.5, 0.6) is 5.75 Å². The molecule has 3 aromatic carbocycles. The fourth-order valence-corrected chi connectivity index (χ4v) is 3.12. The average Bonchev–Trinajstić information content (AvgIpc) is 2.79.